The zero-order valence-electron chi connectivity index (χ0n) is 16.1. The van der Waals surface area contributed by atoms with Crippen molar-refractivity contribution in [1.29, 1.82) is 0 Å². The van der Waals surface area contributed by atoms with Crippen LogP contribution in [0.25, 0.3) is 16.5 Å². The van der Waals surface area contributed by atoms with Crippen LogP contribution in [0.1, 0.15) is 35.0 Å². The van der Waals surface area contributed by atoms with E-state index in [0.29, 0.717) is 35.7 Å². The smallest absolute Gasteiger partial charge is 0.341 e. The molecule has 0 radical (unpaired) electrons. The zero-order chi connectivity index (χ0) is 20.4. The molecule has 29 heavy (non-hydrogen) atoms. The number of hydrogen-bond donors (Lipinski definition) is 1. The summed E-state index contributed by atoms with van der Waals surface area (Å²) in [6, 6.07) is 14.7. The van der Waals surface area contributed by atoms with Crippen molar-refractivity contribution in [3.05, 3.63) is 76.6 Å². The molecule has 148 valence electrons. The fourth-order valence-corrected chi connectivity index (χ4v) is 3.68. The van der Waals surface area contributed by atoms with Gasteiger partial charge in [0.05, 0.1) is 17.9 Å². The quantitative estimate of drug-likeness (QED) is 0.630. The third-order valence-corrected chi connectivity index (χ3v) is 5.23. The number of aromatic amines is 1. The summed E-state index contributed by atoms with van der Waals surface area (Å²) in [5.74, 6) is -0.618. The van der Waals surface area contributed by atoms with E-state index >= 15 is 0 Å². The van der Waals surface area contributed by atoms with Crippen LogP contribution in [0.3, 0.4) is 0 Å². The van der Waals surface area contributed by atoms with Crippen LogP contribution in [0.4, 0.5) is 0 Å². The minimum Gasteiger partial charge on any atom is -0.462 e. The van der Waals surface area contributed by atoms with E-state index in [1.165, 1.54) is 0 Å². The minimum absolute atomic E-state index is 0.183. The molecule has 1 aliphatic heterocycles. The number of ether oxygens (including phenoxy) is 1. The van der Waals surface area contributed by atoms with E-state index in [9.17, 15) is 9.59 Å². The number of amides is 1. The van der Waals surface area contributed by atoms with Gasteiger partial charge >= 0.3 is 5.97 Å². The summed E-state index contributed by atoms with van der Waals surface area (Å²) in [5, 5.41) is 1.62. The summed E-state index contributed by atoms with van der Waals surface area (Å²) in [5.41, 5.74) is 3.58. The second-order valence-corrected chi connectivity index (χ2v) is 7.39. The Morgan fingerprint density at radius 2 is 1.90 bits per heavy atom. The second kappa shape index (κ2) is 8.13. The van der Waals surface area contributed by atoms with Gasteiger partial charge in [0, 0.05) is 34.2 Å². The molecule has 0 bridgehead atoms. The number of para-hydroxylation sites is 1. The molecule has 5 nitrogen and oxygen atoms in total. The Balaban J connectivity index is 1.77. The number of esters is 1. The SMILES string of the molecule is CCCOC(=O)C1=CN(C(=O)c2ccc(Cl)cc2)CCc2c1[nH]c1ccccc21. The molecule has 6 heteroatoms. The summed E-state index contributed by atoms with van der Waals surface area (Å²) >= 11 is 5.94. The molecule has 0 saturated carbocycles. The van der Waals surface area contributed by atoms with E-state index in [4.69, 9.17) is 16.3 Å². The van der Waals surface area contributed by atoms with Crippen LogP contribution < -0.4 is 0 Å². The molecule has 1 aliphatic rings. The molecule has 1 N–H and O–H groups in total. The van der Waals surface area contributed by atoms with E-state index in [0.717, 1.165) is 28.6 Å². The van der Waals surface area contributed by atoms with Crippen molar-refractivity contribution in [3.8, 4) is 0 Å². The van der Waals surface area contributed by atoms with Crippen LogP contribution in [-0.4, -0.2) is 34.9 Å². The molecule has 0 spiro atoms. The first kappa shape index (κ1) is 19.3. The van der Waals surface area contributed by atoms with Crippen molar-refractivity contribution in [2.24, 2.45) is 0 Å². The Morgan fingerprint density at radius 1 is 1.14 bits per heavy atom. The molecule has 1 aromatic heterocycles. The van der Waals surface area contributed by atoms with Crippen molar-refractivity contribution in [3.63, 3.8) is 0 Å². The first-order chi connectivity index (χ1) is 14.1. The lowest BCUT2D eigenvalue weighted by Crippen LogP contribution is -2.28. The molecule has 0 unspecified atom stereocenters. The number of aromatic nitrogens is 1. The highest BCUT2D eigenvalue weighted by Gasteiger charge is 2.27. The Labute approximate surface area is 173 Å². The largest absolute Gasteiger partial charge is 0.462 e. The van der Waals surface area contributed by atoms with Gasteiger partial charge in [-0.2, -0.15) is 0 Å². The van der Waals surface area contributed by atoms with Crippen LogP contribution in [0, 0.1) is 0 Å². The number of carbonyl (C=O) groups excluding carboxylic acids is 2. The lowest BCUT2D eigenvalue weighted by atomic mass is 10.0. The molecular formula is C23H21ClN2O3. The van der Waals surface area contributed by atoms with Crippen molar-refractivity contribution < 1.29 is 14.3 Å². The molecule has 2 heterocycles. The van der Waals surface area contributed by atoms with Crippen LogP contribution in [0.5, 0.6) is 0 Å². The van der Waals surface area contributed by atoms with Gasteiger partial charge in [-0.3, -0.25) is 4.79 Å². The van der Waals surface area contributed by atoms with Crippen LogP contribution >= 0.6 is 11.6 Å². The number of benzene rings is 2. The van der Waals surface area contributed by atoms with Gasteiger partial charge in [0.25, 0.3) is 5.91 Å². The standard InChI is InChI=1S/C23H21ClN2O3/c1-2-13-29-23(28)19-14-26(22(27)15-7-9-16(24)10-8-15)12-11-18-17-5-3-4-6-20(17)25-21(18)19/h3-10,14,25H,2,11-13H2,1H3. The monoisotopic (exact) mass is 408 g/mol. The second-order valence-electron chi connectivity index (χ2n) is 6.96. The predicted molar refractivity (Wildman–Crippen MR) is 114 cm³/mol. The molecule has 0 atom stereocenters. The summed E-state index contributed by atoms with van der Waals surface area (Å²) in [6.07, 6.45) is 2.96. The zero-order valence-corrected chi connectivity index (χ0v) is 16.8. The van der Waals surface area contributed by atoms with Gasteiger partial charge in [0.2, 0.25) is 0 Å². The van der Waals surface area contributed by atoms with Gasteiger partial charge in [-0.25, -0.2) is 4.79 Å². The number of nitrogens with zero attached hydrogens (tertiary/aromatic N) is 1. The maximum absolute atomic E-state index is 13.1. The number of nitrogens with one attached hydrogen (secondary N) is 1. The average molecular weight is 409 g/mol. The number of hydrogen-bond acceptors (Lipinski definition) is 3. The van der Waals surface area contributed by atoms with E-state index in [-0.39, 0.29) is 5.91 Å². The van der Waals surface area contributed by atoms with Crippen molar-refractivity contribution in [1.82, 2.24) is 9.88 Å². The van der Waals surface area contributed by atoms with E-state index in [2.05, 4.69) is 4.98 Å². The van der Waals surface area contributed by atoms with E-state index in [1.807, 2.05) is 31.2 Å². The molecule has 3 aromatic rings. The molecule has 4 rings (SSSR count). The number of fused-ring (bicyclic) bond motifs is 3. The van der Waals surface area contributed by atoms with Gasteiger partial charge < -0.3 is 14.6 Å². The summed E-state index contributed by atoms with van der Waals surface area (Å²) < 4.78 is 5.41. The summed E-state index contributed by atoms with van der Waals surface area (Å²) in [6.45, 7) is 2.73. The van der Waals surface area contributed by atoms with Crippen LogP contribution in [0.2, 0.25) is 5.02 Å². The Morgan fingerprint density at radius 3 is 2.66 bits per heavy atom. The van der Waals surface area contributed by atoms with Crippen molar-refractivity contribution in [2.45, 2.75) is 19.8 Å². The summed E-state index contributed by atoms with van der Waals surface area (Å²) in [7, 11) is 0. The molecular weight excluding hydrogens is 388 g/mol. The highest BCUT2D eigenvalue weighted by atomic mass is 35.5. The Kier molecular flexibility index (Phi) is 5.41. The molecule has 0 aliphatic carbocycles. The average Bonchev–Trinajstić information content (AvgIpc) is 2.99. The van der Waals surface area contributed by atoms with Gasteiger partial charge in [-0.1, -0.05) is 36.7 Å². The van der Waals surface area contributed by atoms with Crippen molar-refractivity contribution >= 4 is 40.0 Å². The van der Waals surface area contributed by atoms with Gasteiger partial charge in [-0.15, -0.1) is 0 Å². The van der Waals surface area contributed by atoms with Crippen LogP contribution in [0.15, 0.2) is 54.7 Å². The molecule has 0 saturated heterocycles. The van der Waals surface area contributed by atoms with E-state index < -0.39 is 5.97 Å². The van der Waals surface area contributed by atoms with Gasteiger partial charge in [-0.05, 0) is 48.7 Å². The number of carbonyl (C=O) groups is 2. The summed E-state index contributed by atoms with van der Waals surface area (Å²) in [4.78, 5) is 30.8. The molecule has 2 aromatic carbocycles. The molecule has 1 amide bonds. The first-order valence-electron chi connectivity index (χ1n) is 9.64. The lowest BCUT2D eigenvalue weighted by Gasteiger charge is -2.18. The number of H-pyrrole nitrogens is 1. The number of halogens is 1. The number of rotatable bonds is 4. The maximum atomic E-state index is 13.1. The Bertz CT molecular complexity index is 1100. The maximum Gasteiger partial charge on any atom is 0.341 e. The highest BCUT2D eigenvalue weighted by molar-refractivity contribution is 6.30. The molecule has 0 fully saturated rings. The predicted octanol–water partition coefficient (Wildman–Crippen LogP) is 4.81. The third-order valence-electron chi connectivity index (χ3n) is 4.98. The minimum atomic E-state index is -0.435. The normalized spacial score (nSPS) is 13.6. The topological polar surface area (TPSA) is 62.4 Å². The fourth-order valence-electron chi connectivity index (χ4n) is 3.55. The highest BCUT2D eigenvalue weighted by Crippen LogP contribution is 2.31. The van der Waals surface area contributed by atoms with Crippen molar-refractivity contribution in [2.75, 3.05) is 13.2 Å². The Hall–Kier alpha value is -3.05. The van der Waals surface area contributed by atoms with Gasteiger partial charge in [0.1, 0.15) is 0 Å². The first-order valence-corrected chi connectivity index (χ1v) is 10.0. The fraction of sp³-hybridized carbons (Fsp3) is 0.217. The van der Waals surface area contributed by atoms with Crippen LogP contribution in [-0.2, 0) is 16.0 Å². The third kappa shape index (κ3) is 3.78. The lowest BCUT2D eigenvalue weighted by molar-refractivity contribution is -0.136. The van der Waals surface area contributed by atoms with Gasteiger partial charge in [0.15, 0.2) is 0 Å². The van der Waals surface area contributed by atoms with E-state index in [1.54, 1.807) is 35.4 Å².